The lowest BCUT2D eigenvalue weighted by Gasteiger charge is -2.48. The summed E-state index contributed by atoms with van der Waals surface area (Å²) in [5, 5.41) is 148. The van der Waals surface area contributed by atoms with Gasteiger partial charge in [0.15, 0.2) is 29.1 Å². The predicted molar refractivity (Wildman–Crippen MR) is 497 cm³/mol. The van der Waals surface area contributed by atoms with Crippen LogP contribution >= 0.6 is 0 Å². The number of fused-ring (bicyclic) bond motifs is 2. The number of anilines is 5. The molecule has 7 saturated heterocycles. The average Bonchev–Trinajstić information content (AvgIpc) is 1.30. The molecule has 0 radical (unpaired) electrons. The molecular formula is C94H104N30O7. The van der Waals surface area contributed by atoms with Gasteiger partial charge in [-0.15, -0.1) is 51.0 Å². The fourth-order valence-corrected chi connectivity index (χ4v) is 17.3. The van der Waals surface area contributed by atoms with Crippen LogP contribution in [0.4, 0.5) is 29.1 Å². The highest BCUT2D eigenvalue weighted by atomic mass is 16.3. The second kappa shape index (κ2) is 40.7. The van der Waals surface area contributed by atoms with Crippen LogP contribution in [0.3, 0.4) is 0 Å². The Labute approximate surface area is 755 Å². The van der Waals surface area contributed by atoms with Crippen molar-refractivity contribution in [1.29, 1.82) is 0 Å². The molecule has 5 aromatic carbocycles. The summed E-state index contributed by atoms with van der Waals surface area (Å²) in [4.78, 5) is 13.4. The maximum atomic E-state index is 10.4. The van der Waals surface area contributed by atoms with Crippen molar-refractivity contribution < 1.29 is 35.7 Å². The summed E-state index contributed by atoms with van der Waals surface area (Å²) in [5.41, 5.74) is 11.0. The third-order valence-electron chi connectivity index (χ3n) is 24.7. The van der Waals surface area contributed by atoms with E-state index in [9.17, 15) is 30.6 Å². The molecule has 131 heavy (non-hydrogen) atoms. The Hall–Kier alpha value is -14.7. The second-order valence-electron chi connectivity index (χ2n) is 33.3. The number of aromatic hydroxyl groups is 5. The Balaban J connectivity index is 0.000000110. The van der Waals surface area contributed by atoms with Crippen LogP contribution in [0, 0.1) is 11.3 Å². The number of piperidine rings is 2. The van der Waals surface area contributed by atoms with Gasteiger partial charge in [0.2, 0.25) is 0 Å². The molecule has 37 heteroatoms. The summed E-state index contributed by atoms with van der Waals surface area (Å²) in [6, 6.07) is 56.1. The zero-order chi connectivity index (χ0) is 89.4. The van der Waals surface area contributed by atoms with E-state index in [1.165, 1.54) is 19.3 Å². The minimum absolute atomic E-state index is 0.0455. The predicted octanol–water partition coefficient (Wildman–Crippen LogP) is 7.85. The molecule has 0 amide bonds. The first-order chi connectivity index (χ1) is 64.3. The highest BCUT2D eigenvalue weighted by Crippen LogP contribution is 2.39. The fraction of sp³-hybridized carbons (Fsp3) is 0.309. The van der Waals surface area contributed by atoms with Crippen molar-refractivity contribution in [3.63, 3.8) is 0 Å². The lowest BCUT2D eigenvalue weighted by molar-refractivity contribution is 0.126. The van der Waals surface area contributed by atoms with Crippen LogP contribution < -0.4 is 45.8 Å². The number of phenols is 5. The number of aliphatic hydroxyl groups is 2. The van der Waals surface area contributed by atoms with Crippen LogP contribution in [0.25, 0.3) is 84.7 Å². The van der Waals surface area contributed by atoms with Gasteiger partial charge in [0, 0.05) is 250 Å². The van der Waals surface area contributed by atoms with Crippen molar-refractivity contribution in [1.82, 2.24) is 126 Å². The van der Waals surface area contributed by atoms with Gasteiger partial charge in [-0.05, 0) is 195 Å². The lowest BCUT2D eigenvalue weighted by atomic mass is 9.73. The second-order valence-corrected chi connectivity index (χ2v) is 33.3. The van der Waals surface area contributed by atoms with Gasteiger partial charge in [-0.3, -0.25) is 4.90 Å². The lowest BCUT2D eigenvalue weighted by Crippen LogP contribution is -2.58. The molecule has 672 valence electrons. The molecule has 11 N–H and O–H groups in total. The third-order valence-corrected chi connectivity index (χ3v) is 24.7. The number of nitrogens with one attached hydrogen (secondary N) is 4. The van der Waals surface area contributed by atoms with E-state index in [1.54, 1.807) is 84.7 Å². The van der Waals surface area contributed by atoms with Crippen LogP contribution in [0.15, 0.2) is 244 Å². The molecule has 3 atom stereocenters. The van der Waals surface area contributed by atoms with E-state index >= 15 is 0 Å². The van der Waals surface area contributed by atoms with Crippen LogP contribution in [-0.2, 0) is 0 Å². The normalized spacial score (nSPS) is 17.6. The molecule has 0 saturated carbocycles. The molecule has 37 nitrogen and oxygen atoms in total. The van der Waals surface area contributed by atoms with Gasteiger partial charge < -0.3 is 81.5 Å². The molecular weight excluding hydrogens is 1660 g/mol. The summed E-state index contributed by atoms with van der Waals surface area (Å²) in [5.74, 6) is 5.75. The SMILES string of the molecule is OCC1CN(c2ccc(-c3ccc(-n4cccn4)cc3O)nn2)CCN1.OCCN1CCN(c2ccc(-c3ccc(-n4cccn4)cc3O)nn2)CC1.Oc1cc(-n2cccn2)ccc1-c1ccc(N2CC3CNC(C3)C2)nn1.Oc1cc(-n2cccn2)ccc1-c1ccc(N2CCC3(CC2)CNC3)nn1.Oc1cc(-n2cccn2)ccc1-c1ccc(N2CCCNCC2)nn1. The number of aromatic nitrogens is 20. The van der Waals surface area contributed by atoms with Crippen LogP contribution in [0.5, 0.6) is 28.7 Å². The van der Waals surface area contributed by atoms with Crippen molar-refractivity contribution >= 4 is 29.1 Å². The number of β-amino-alcohol motifs (C(OH)–C–C–N with tert-alkyl or cyclic N) is 1. The molecule has 0 aliphatic carbocycles. The Bertz CT molecular complexity index is 6120. The van der Waals surface area contributed by atoms with Gasteiger partial charge in [0.1, 0.15) is 28.7 Å². The highest BCUT2D eigenvalue weighted by molar-refractivity contribution is 5.74. The van der Waals surface area contributed by atoms with Gasteiger partial charge in [0.05, 0.1) is 70.1 Å². The van der Waals surface area contributed by atoms with Crippen molar-refractivity contribution in [2.24, 2.45) is 11.3 Å². The number of benzene rings is 5. The van der Waals surface area contributed by atoms with Gasteiger partial charge in [0.25, 0.3) is 0 Å². The first-order valence-electron chi connectivity index (χ1n) is 44.2. The van der Waals surface area contributed by atoms with Crippen LogP contribution in [-0.4, -0.2) is 290 Å². The summed E-state index contributed by atoms with van der Waals surface area (Å²) in [7, 11) is 0. The van der Waals surface area contributed by atoms with E-state index in [2.05, 4.69) is 127 Å². The third kappa shape index (κ3) is 20.9. The summed E-state index contributed by atoms with van der Waals surface area (Å²) in [6.45, 7) is 18.2. The van der Waals surface area contributed by atoms with Crippen molar-refractivity contribution in [2.75, 3.05) is 162 Å². The minimum Gasteiger partial charge on any atom is -0.507 e. The number of nitrogens with zero attached hydrogens (tertiary/aromatic N) is 26. The molecule has 22 rings (SSSR count). The number of hydrogen-bond donors (Lipinski definition) is 11. The largest absolute Gasteiger partial charge is 0.507 e. The van der Waals surface area contributed by atoms with Crippen molar-refractivity contribution in [3.8, 4) is 113 Å². The van der Waals surface area contributed by atoms with E-state index < -0.39 is 0 Å². The Morgan fingerprint density at radius 3 is 1.03 bits per heavy atom. The Morgan fingerprint density at radius 1 is 0.336 bits per heavy atom. The van der Waals surface area contributed by atoms with Gasteiger partial charge in [-0.25, -0.2) is 23.4 Å². The molecule has 1 spiro atoms. The number of piperazine rings is 2. The molecule has 17 heterocycles. The Kier molecular flexibility index (Phi) is 27.0. The van der Waals surface area contributed by atoms with Gasteiger partial charge >= 0.3 is 0 Å². The van der Waals surface area contributed by atoms with Crippen LogP contribution in [0.2, 0.25) is 0 Å². The fourth-order valence-electron chi connectivity index (χ4n) is 17.3. The number of hydrogen-bond acceptors (Lipinski definition) is 32. The Morgan fingerprint density at radius 2 is 0.702 bits per heavy atom. The summed E-state index contributed by atoms with van der Waals surface area (Å²) < 4.78 is 8.48. The zero-order valence-electron chi connectivity index (χ0n) is 72.3. The summed E-state index contributed by atoms with van der Waals surface area (Å²) >= 11 is 0. The maximum absolute atomic E-state index is 10.4. The maximum Gasteiger partial charge on any atom is 0.151 e. The molecule has 7 aliphatic heterocycles. The van der Waals surface area contributed by atoms with E-state index in [-0.39, 0.29) is 48.0 Å². The first kappa shape index (κ1) is 87.0. The highest BCUT2D eigenvalue weighted by Gasteiger charge is 2.40. The monoisotopic (exact) mass is 1760 g/mol. The number of aliphatic hydroxyl groups excluding tert-OH is 2. The van der Waals surface area contributed by atoms with Gasteiger partial charge in [-0.2, -0.15) is 25.5 Å². The number of phenolic OH excluding ortho intramolecular Hbond substituents is 5. The topological polar surface area (TPSA) is 427 Å². The first-order valence-corrected chi connectivity index (χ1v) is 44.2. The van der Waals surface area contributed by atoms with Crippen molar-refractivity contribution in [3.05, 3.63) is 244 Å². The van der Waals surface area contributed by atoms with E-state index in [1.807, 2.05) is 183 Å². The molecule has 3 unspecified atom stereocenters. The van der Waals surface area contributed by atoms with E-state index in [4.69, 9.17) is 5.11 Å². The molecule has 15 aromatic rings. The minimum atomic E-state index is 0.0455. The van der Waals surface area contributed by atoms with E-state index in [0.717, 1.165) is 175 Å². The summed E-state index contributed by atoms with van der Waals surface area (Å²) in [6.07, 6.45) is 22.4. The van der Waals surface area contributed by atoms with E-state index in [0.29, 0.717) is 86.8 Å². The van der Waals surface area contributed by atoms with Gasteiger partial charge in [-0.1, -0.05) is 0 Å². The quantitative estimate of drug-likeness (QED) is 0.0389. The number of rotatable bonds is 18. The molecule has 2 bridgehead atoms. The molecule has 7 fully saturated rings. The van der Waals surface area contributed by atoms with Crippen LogP contribution in [0.1, 0.15) is 25.7 Å². The molecule has 10 aromatic heterocycles. The van der Waals surface area contributed by atoms with Crippen molar-refractivity contribution in [2.45, 2.75) is 37.8 Å². The smallest absolute Gasteiger partial charge is 0.151 e. The standard InChI is InChI=1S/C20H22N6O.C19H22N6O2.C19H20N6O.C18H20N6O2.C18H20N6O/c27-18-12-15(26-9-1-8-22-26)2-3-16(18)17-4-5-19(24-23-17)25-10-6-20(7-11-25)13-21-14-20;26-13-12-23-8-10-24(11-9-23)19-5-4-17(21-22-19)16-3-2-15(14-18(16)27)25-7-1-6-20-25;26-18-9-15(25-7-1-6-21-25)2-3-16(18)17-4-5-19(23-22-17)24-11-13-8-14(12-24)20-10-13;25-12-13-11-23(9-7-19-13)18-5-4-16(21-22-18)15-3-2-14(10-17(15)26)24-8-1-6-20-24;25-17-13-14(24-11-2-8-20-24)3-4-15(17)16-5-6-18(22-21-16)23-10-1-7-19-9-12-23/h1-5,8-9,12,21,27H,6-7,10-11,13-14H2;1-7,14,26-27H,8-13H2;1-7,9,13-14,20,26H,8,10-12H2;1-6,8,10,13,19,25-26H,7,9,11-12H2;2-6,8,11,13,19,25H,1,7,9-10,12H2. The average molecular weight is 1770 g/mol. The molecule has 7 aliphatic rings. The zero-order valence-corrected chi connectivity index (χ0v) is 72.3.